The highest BCUT2D eigenvalue weighted by atomic mass is 16.5. The highest BCUT2D eigenvalue weighted by Gasteiger charge is 2.43. The van der Waals surface area contributed by atoms with Crippen LogP contribution in [-0.2, 0) is 28.7 Å². The first-order valence-electron chi connectivity index (χ1n) is 20.5. The largest absolute Gasteiger partial charge is 0.386 e. The Bertz CT molecular complexity index is 1320. The van der Waals surface area contributed by atoms with Crippen LogP contribution in [0.1, 0.15) is 143 Å². The van der Waals surface area contributed by atoms with E-state index in [1.807, 2.05) is 53.7 Å². The topological polar surface area (TPSA) is 138 Å². The Morgan fingerprint density at radius 2 is 1.63 bits per heavy atom. The average molecular weight is 759 g/mol. The first-order chi connectivity index (χ1) is 25.5. The van der Waals surface area contributed by atoms with Gasteiger partial charge in [-0.25, -0.2) is 0 Å². The van der Waals surface area contributed by atoms with Gasteiger partial charge in [0, 0.05) is 34.7 Å². The number of unbranched alkanes of at least 4 members (excludes halogenated alkanes) is 3. The Morgan fingerprint density at radius 3 is 2.20 bits per heavy atom. The molecule has 1 aliphatic rings. The van der Waals surface area contributed by atoms with Crippen molar-refractivity contribution in [3.05, 3.63) is 35.4 Å². The lowest BCUT2D eigenvalue weighted by atomic mass is 9.89. The van der Waals surface area contributed by atoms with E-state index in [0.717, 1.165) is 24.8 Å². The van der Waals surface area contributed by atoms with Crippen molar-refractivity contribution in [3.8, 4) is 0 Å². The van der Waals surface area contributed by atoms with Gasteiger partial charge in [0.15, 0.2) is 0 Å². The fourth-order valence-corrected chi connectivity index (χ4v) is 8.08. The summed E-state index contributed by atoms with van der Waals surface area (Å²) in [6.45, 7) is 17.8. The van der Waals surface area contributed by atoms with Gasteiger partial charge in [-0.05, 0) is 55.1 Å². The Kier molecular flexibility index (Phi) is 20.2. The molecular weight excluding hydrogens is 684 g/mol. The van der Waals surface area contributed by atoms with Gasteiger partial charge in [0.05, 0.1) is 48.8 Å². The molecule has 1 aliphatic heterocycles. The quantitative estimate of drug-likeness (QED) is 0.110. The lowest BCUT2D eigenvalue weighted by molar-refractivity contribution is -0.147. The molecule has 1 heterocycles. The number of methoxy groups -OCH3 is 2. The smallest absolute Gasteiger partial charge is 0.245 e. The van der Waals surface area contributed by atoms with Crippen LogP contribution in [0.5, 0.6) is 0 Å². The van der Waals surface area contributed by atoms with Crippen molar-refractivity contribution in [2.24, 2.45) is 17.8 Å². The monoisotopic (exact) mass is 759 g/mol. The van der Waals surface area contributed by atoms with Gasteiger partial charge in [0.2, 0.25) is 23.6 Å². The highest BCUT2D eigenvalue weighted by molar-refractivity contribution is 5.87. The molecule has 10 atom stereocenters. The molecule has 2 unspecified atom stereocenters. The predicted octanol–water partition coefficient (Wildman–Crippen LogP) is 6.38. The summed E-state index contributed by atoms with van der Waals surface area (Å²) < 4.78 is 11.9. The molecular formula is C43H74N4O7. The molecule has 11 heteroatoms. The third-order valence-corrected chi connectivity index (χ3v) is 11.7. The summed E-state index contributed by atoms with van der Waals surface area (Å²) in [6, 6.07) is 6.05. The van der Waals surface area contributed by atoms with E-state index in [4.69, 9.17) is 9.47 Å². The second-order valence-electron chi connectivity index (χ2n) is 16.2. The zero-order chi connectivity index (χ0) is 40.7. The number of hydrogen-bond acceptors (Lipinski definition) is 7. The molecule has 0 aromatic heterocycles. The summed E-state index contributed by atoms with van der Waals surface area (Å²) >= 11 is 0. The Morgan fingerprint density at radius 1 is 0.963 bits per heavy atom. The molecule has 1 aromatic rings. The maximum atomic E-state index is 14.1. The summed E-state index contributed by atoms with van der Waals surface area (Å²) in [5.74, 6) is -1.22. The molecule has 1 saturated heterocycles. The highest BCUT2D eigenvalue weighted by Crippen LogP contribution is 2.31. The molecule has 1 aromatic carbocycles. The lowest BCUT2D eigenvalue weighted by Gasteiger charge is -2.40. The molecule has 0 spiro atoms. The van der Waals surface area contributed by atoms with E-state index >= 15 is 0 Å². The van der Waals surface area contributed by atoms with Crippen LogP contribution in [0.25, 0.3) is 0 Å². The lowest BCUT2D eigenvalue weighted by Crippen LogP contribution is -2.57. The third-order valence-electron chi connectivity index (χ3n) is 11.7. The summed E-state index contributed by atoms with van der Waals surface area (Å²) in [5.41, 5.74) is 1.96. The van der Waals surface area contributed by atoms with Crippen LogP contribution >= 0.6 is 0 Å². The molecule has 4 amide bonds. The second kappa shape index (κ2) is 23.1. The van der Waals surface area contributed by atoms with Crippen LogP contribution in [0.4, 0.5) is 0 Å². The number of benzene rings is 1. The van der Waals surface area contributed by atoms with Crippen molar-refractivity contribution in [1.82, 2.24) is 20.4 Å². The summed E-state index contributed by atoms with van der Waals surface area (Å²) in [6.07, 6.45) is 6.16. The van der Waals surface area contributed by atoms with Crippen molar-refractivity contribution in [2.75, 3.05) is 27.8 Å². The van der Waals surface area contributed by atoms with Crippen molar-refractivity contribution in [3.63, 3.8) is 0 Å². The number of aliphatic hydroxyl groups is 1. The normalized spacial score (nSPS) is 19.6. The molecule has 308 valence electrons. The standard InChI is InChI=1S/C43H74N4O7/c1-13-15-16-17-20-29(6)33-21-18-22-34(25-33)40(50)31(8)44-42(51)30(7)41(54-12)35-23-19-24-47(35)37(49)26-36(53-11)39(28(5)14-2)46(10)43(52)38(27(3)4)45-32(9)48/h18,21-22,25,27-31,35-36,38-41,50H,13-17,19-20,23-24,26H2,1-12H3,(H,44,51)(H,45,48)/t28-,29?,30+,31+,35-,36+,38-,39?,40+,41+/m0/s1. The van der Waals surface area contributed by atoms with Crippen LogP contribution in [0.2, 0.25) is 0 Å². The van der Waals surface area contributed by atoms with E-state index in [2.05, 4.69) is 36.6 Å². The van der Waals surface area contributed by atoms with Gasteiger partial charge in [-0.15, -0.1) is 0 Å². The zero-order valence-corrected chi connectivity index (χ0v) is 35.5. The number of hydrogen-bond donors (Lipinski definition) is 3. The van der Waals surface area contributed by atoms with Gasteiger partial charge >= 0.3 is 0 Å². The van der Waals surface area contributed by atoms with Crippen molar-refractivity contribution in [2.45, 2.75) is 168 Å². The second-order valence-corrected chi connectivity index (χ2v) is 16.2. The minimum atomic E-state index is -0.887. The van der Waals surface area contributed by atoms with Crippen LogP contribution in [0.3, 0.4) is 0 Å². The third kappa shape index (κ3) is 13.0. The van der Waals surface area contributed by atoms with Gasteiger partial charge in [-0.1, -0.05) is 105 Å². The number of nitrogens with zero attached hydrogens (tertiary/aromatic N) is 2. The number of rotatable bonds is 23. The van der Waals surface area contributed by atoms with E-state index in [-0.39, 0.29) is 47.9 Å². The van der Waals surface area contributed by atoms with Crippen LogP contribution < -0.4 is 10.6 Å². The molecule has 11 nitrogen and oxygen atoms in total. The van der Waals surface area contributed by atoms with Crippen LogP contribution in [0.15, 0.2) is 24.3 Å². The van der Waals surface area contributed by atoms with Crippen molar-refractivity contribution < 1.29 is 33.8 Å². The summed E-state index contributed by atoms with van der Waals surface area (Å²) in [7, 11) is 4.85. The SMILES string of the molecule is CCCCCCC(C)c1cccc([C@H](O)[C@@H](C)NC(=O)[C@H](C)[C@@H](OC)[C@@H]2CCCN2C(=O)C[C@@H](OC)C([C@@H](C)CC)N(C)C(=O)[C@@H](NC(C)=O)C(C)C)c1. The summed E-state index contributed by atoms with van der Waals surface area (Å²) in [4.78, 5) is 57.0. The van der Waals surface area contributed by atoms with Crippen molar-refractivity contribution >= 4 is 23.6 Å². The molecule has 2 rings (SSSR count). The van der Waals surface area contributed by atoms with Crippen LogP contribution in [-0.4, -0.2) is 103 Å². The Hall–Kier alpha value is -3.02. The number of amides is 4. The minimum Gasteiger partial charge on any atom is -0.386 e. The van der Waals surface area contributed by atoms with Crippen molar-refractivity contribution in [1.29, 1.82) is 0 Å². The number of likely N-dealkylation sites (N-methyl/N-ethyl adjacent to an activating group) is 1. The van der Waals surface area contributed by atoms with E-state index in [9.17, 15) is 24.3 Å². The number of aliphatic hydroxyl groups excluding tert-OH is 1. The number of nitrogens with one attached hydrogen (secondary N) is 2. The van der Waals surface area contributed by atoms with Crippen LogP contribution in [0, 0.1) is 17.8 Å². The predicted molar refractivity (Wildman–Crippen MR) is 215 cm³/mol. The maximum absolute atomic E-state index is 14.1. The number of carbonyl (C=O) groups is 4. The van der Waals surface area contributed by atoms with E-state index in [0.29, 0.717) is 18.9 Å². The van der Waals surface area contributed by atoms with E-state index in [1.165, 1.54) is 38.2 Å². The Labute approximate surface area is 326 Å². The molecule has 54 heavy (non-hydrogen) atoms. The molecule has 0 aliphatic carbocycles. The Balaban J connectivity index is 2.17. The number of carbonyl (C=O) groups excluding carboxylic acids is 4. The molecule has 0 radical (unpaired) electrons. The van der Waals surface area contributed by atoms with Gasteiger partial charge in [0.25, 0.3) is 0 Å². The fraction of sp³-hybridized carbons (Fsp3) is 0.767. The first kappa shape index (κ1) is 47.1. The van der Waals surface area contributed by atoms with Gasteiger partial charge in [0.1, 0.15) is 6.04 Å². The van der Waals surface area contributed by atoms with E-state index in [1.54, 1.807) is 31.1 Å². The molecule has 1 fully saturated rings. The van der Waals surface area contributed by atoms with Gasteiger partial charge in [-0.2, -0.15) is 0 Å². The molecule has 3 N–H and O–H groups in total. The number of likely N-dealkylation sites (tertiary alicyclic amines) is 1. The zero-order valence-electron chi connectivity index (χ0n) is 35.5. The minimum absolute atomic E-state index is 0.00502. The summed E-state index contributed by atoms with van der Waals surface area (Å²) in [5, 5.41) is 17.1. The molecule has 0 saturated carbocycles. The van der Waals surface area contributed by atoms with Gasteiger partial charge in [-0.3, -0.25) is 19.2 Å². The maximum Gasteiger partial charge on any atom is 0.245 e. The fourth-order valence-electron chi connectivity index (χ4n) is 8.08. The average Bonchev–Trinajstić information content (AvgIpc) is 3.64. The van der Waals surface area contributed by atoms with E-state index < -0.39 is 42.4 Å². The number of ether oxygens (including phenoxy) is 2. The van der Waals surface area contributed by atoms with Gasteiger partial charge < -0.3 is 35.0 Å². The molecule has 0 bridgehead atoms. The first-order valence-corrected chi connectivity index (χ1v) is 20.5.